The van der Waals surface area contributed by atoms with Crippen LogP contribution in [0, 0.1) is 11.8 Å². The van der Waals surface area contributed by atoms with Crippen LogP contribution >= 0.6 is 24.8 Å². The Morgan fingerprint density at radius 3 is 2.29 bits per heavy atom. The molecule has 0 spiro atoms. The van der Waals surface area contributed by atoms with E-state index in [1.54, 1.807) is 0 Å². The number of fused-ring (bicyclic) bond motifs is 1. The Balaban J connectivity index is 0.00000140. The molecule has 4 rings (SSSR count). The van der Waals surface area contributed by atoms with Gasteiger partial charge in [0.2, 0.25) is 0 Å². The highest BCUT2D eigenvalue weighted by molar-refractivity contribution is 5.94. The maximum absolute atomic E-state index is 13.0. The quantitative estimate of drug-likeness (QED) is 0.801. The van der Waals surface area contributed by atoms with Gasteiger partial charge >= 0.3 is 0 Å². The van der Waals surface area contributed by atoms with Crippen molar-refractivity contribution in [3.63, 3.8) is 0 Å². The molecule has 2 atom stereocenters. The van der Waals surface area contributed by atoms with Gasteiger partial charge in [0.05, 0.1) is 0 Å². The third kappa shape index (κ3) is 5.61. The van der Waals surface area contributed by atoms with Crippen LogP contribution in [0.1, 0.15) is 28.8 Å². The van der Waals surface area contributed by atoms with Gasteiger partial charge in [0.25, 0.3) is 5.91 Å². The number of piperazine rings is 1. The van der Waals surface area contributed by atoms with Crippen LogP contribution in [-0.2, 0) is 6.54 Å². The predicted octanol–water partition coefficient (Wildman–Crippen LogP) is 2.35. The number of amides is 1. The molecule has 1 amide bonds. The zero-order chi connectivity index (χ0) is 17.9. The number of benzene rings is 1. The van der Waals surface area contributed by atoms with Gasteiger partial charge in [-0.05, 0) is 62.5 Å². The Hall–Kier alpha value is -0.850. The molecule has 1 aromatic carbocycles. The molecule has 7 heteroatoms. The Kier molecular flexibility index (Phi) is 9.03. The second-order valence-electron chi connectivity index (χ2n) is 8.33. The first-order valence-corrected chi connectivity index (χ1v) is 10.2. The highest BCUT2D eigenvalue weighted by Gasteiger charge is 2.31. The second-order valence-corrected chi connectivity index (χ2v) is 8.33. The number of nitrogens with one attached hydrogen (secondary N) is 1. The third-order valence-electron chi connectivity index (χ3n) is 6.48. The highest BCUT2D eigenvalue weighted by atomic mass is 35.5. The zero-order valence-electron chi connectivity index (χ0n) is 16.8. The van der Waals surface area contributed by atoms with Crippen molar-refractivity contribution in [2.45, 2.75) is 19.4 Å². The number of likely N-dealkylation sites (N-methyl/N-ethyl adjacent to an activating group) is 1. The van der Waals surface area contributed by atoms with E-state index in [1.165, 1.54) is 5.56 Å². The van der Waals surface area contributed by atoms with E-state index in [1.807, 2.05) is 6.07 Å². The lowest BCUT2D eigenvalue weighted by atomic mass is 9.92. The molecule has 158 valence electrons. The van der Waals surface area contributed by atoms with E-state index >= 15 is 0 Å². The Morgan fingerprint density at radius 2 is 1.64 bits per heavy atom. The smallest absolute Gasteiger partial charge is 0.253 e. The van der Waals surface area contributed by atoms with Gasteiger partial charge in [0.15, 0.2) is 0 Å². The van der Waals surface area contributed by atoms with Gasteiger partial charge < -0.3 is 15.1 Å². The molecule has 0 aromatic heterocycles. The lowest BCUT2D eigenvalue weighted by molar-refractivity contribution is 0.0758. The normalized spacial score (nSPS) is 26.0. The number of hydrogen-bond acceptors (Lipinski definition) is 4. The van der Waals surface area contributed by atoms with Gasteiger partial charge in [-0.1, -0.05) is 12.1 Å². The van der Waals surface area contributed by atoms with Crippen LogP contribution in [0.5, 0.6) is 0 Å². The first kappa shape index (κ1) is 23.4. The summed E-state index contributed by atoms with van der Waals surface area (Å²) in [6, 6.07) is 8.32. The summed E-state index contributed by atoms with van der Waals surface area (Å²) in [5.41, 5.74) is 2.12. The Morgan fingerprint density at radius 1 is 1.00 bits per heavy atom. The maximum atomic E-state index is 13.0. The monoisotopic (exact) mass is 428 g/mol. The van der Waals surface area contributed by atoms with Crippen molar-refractivity contribution in [1.82, 2.24) is 20.0 Å². The minimum Gasteiger partial charge on any atom is -0.339 e. The summed E-state index contributed by atoms with van der Waals surface area (Å²) in [6.45, 7) is 9.50. The summed E-state index contributed by atoms with van der Waals surface area (Å²) in [7, 11) is 2.18. The van der Waals surface area contributed by atoms with Crippen molar-refractivity contribution < 1.29 is 4.79 Å². The van der Waals surface area contributed by atoms with Crippen molar-refractivity contribution in [1.29, 1.82) is 0 Å². The second kappa shape index (κ2) is 10.8. The van der Waals surface area contributed by atoms with E-state index in [-0.39, 0.29) is 30.7 Å². The molecule has 0 unspecified atom stereocenters. The van der Waals surface area contributed by atoms with Crippen LogP contribution in [0.3, 0.4) is 0 Å². The van der Waals surface area contributed by atoms with Crippen LogP contribution in [-0.4, -0.2) is 80.0 Å². The van der Waals surface area contributed by atoms with Crippen LogP contribution in [0.4, 0.5) is 0 Å². The molecule has 0 saturated carbocycles. The van der Waals surface area contributed by atoms with E-state index < -0.39 is 0 Å². The van der Waals surface area contributed by atoms with Gasteiger partial charge in [0.1, 0.15) is 0 Å². The standard InChI is InChI=1S/C21H32N4O.2ClH/c1-23-9-11-24(12-10-23)16-17-3-2-4-18(13-17)21(26)25-7-5-19-14-22-15-20(19)6-8-25;;/h2-4,13,19-20,22H,5-12,14-16H2,1H3;2*1H/t19-,20+;;. The van der Waals surface area contributed by atoms with Crippen LogP contribution in [0.25, 0.3) is 0 Å². The number of carbonyl (C=O) groups excluding carboxylic acids is 1. The topological polar surface area (TPSA) is 38.8 Å². The van der Waals surface area contributed by atoms with Gasteiger partial charge in [0, 0.05) is 51.4 Å². The van der Waals surface area contributed by atoms with Crippen LogP contribution in [0.15, 0.2) is 24.3 Å². The van der Waals surface area contributed by atoms with Gasteiger partial charge in [-0.15, -0.1) is 24.8 Å². The van der Waals surface area contributed by atoms with Crippen LogP contribution in [0.2, 0.25) is 0 Å². The fraction of sp³-hybridized carbons (Fsp3) is 0.667. The van der Waals surface area contributed by atoms with Crippen molar-refractivity contribution in [2.24, 2.45) is 11.8 Å². The molecule has 3 aliphatic heterocycles. The maximum Gasteiger partial charge on any atom is 0.253 e. The lowest BCUT2D eigenvalue weighted by Gasteiger charge is -2.32. The van der Waals surface area contributed by atoms with E-state index in [0.717, 1.165) is 89.1 Å². The first-order valence-electron chi connectivity index (χ1n) is 10.2. The molecule has 5 nitrogen and oxygen atoms in total. The largest absolute Gasteiger partial charge is 0.339 e. The van der Waals surface area contributed by atoms with Crippen molar-refractivity contribution in [3.05, 3.63) is 35.4 Å². The zero-order valence-corrected chi connectivity index (χ0v) is 18.4. The molecule has 3 saturated heterocycles. The number of halogens is 2. The van der Waals surface area contributed by atoms with E-state index in [2.05, 4.69) is 45.3 Å². The first-order chi connectivity index (χ1) is 12.7. The van der Waals surface area contributed by atoms with Crippen molar-refractivity contribution >= 4 is 30.7 Å². The molecule has 0 aliphatic carbocycles. The van der Waals surface area contributed by atoms with Crippen molar-refractivity contribution in [2.75, 3.05) is 59.4 Å². The molecule has 3 aliphatic rings. The summed E-state index contributed by atoms with van der Waals surface area (Å²) in [6.07, 6.45) is 2.29. The van der Waals surface area contributed by atoms with E-state index in [4.69, 9.17) is 0 Å². The number of hydrogen-bond donors (Lipinski definition) is 1. The molecular formula is C21H34Cl2N4O. The molecule has 0 radical (unpaired) electrons. The minimum atomic E-state index is 0. The minimum absolute atomic E-state index is 0. The number of carbonyl (C=O) groups is 1. The number of likely N-dealkylation sites (tertiary alicyclic amines) is 1. The van der Waals surface area contributed by atoms with Crippen molar-refractivity contribution in [3.8, 4) is 0 Å². The summed E-state index contributed by atoms with van der Waals surface area (Å²) in [5, 5.41) is 3.51. The summed E-state index contributed by atoms with van der Waals surface area (Å²) in [4.78, 5) is 20.0. The fourth-order valence-corrected chi connectivity index (χ4v) is 4.67. The van der Waals surface area contributed by atoms with Gasteiger partial charge in [-0.2, -0.15) is 0 Å². The molecule has 3 fully saturated rings. The molecule has 1 N–H and O–H groups in total. The van der Waals surface area contributed by atoms with E-state index in [0.29, 0.717) is 0 Å². The molecule has 0 bridgehead atoms. The predicted molar refractivity (Wildman–Crippen MR) is 119 cm³/mol. The Bertz CT molecular complexity index is 623. The molecule has 1 aromatic rings. The number of rotatable bonds is 3. The van der Waals surface area contributed by atoms with Gasteiger partial charge in [-0.25, -0.2) is 0 Å². The summed E-state index contributed by atoms with van der Waals surface area (Å²) >= 11 is 0. The lowest BCUT2D eigenvalue weighted by Crippen LogP contribution is -2.43. The fourth-order valence-electron chi connectivity index (χ4n) is 4.67. The van der Waals surface area contributed by atoms with Gasteiger partial charge in [-0.3, -0.25) is 9.69 Å². The molecule has 3 heterocycles. The summed E-state index contributed by atoms with van der Waals surface area (Å²) in [5.74, 6) is 1.74. The highest BCUT2D eigenvalue weighted by Crippen LogP contribution is 2.27. The van der Waals surface area contributed by atoms with Crippen LogP contribution < -0.4 is 5.32 Å². The third-order valence-corrected chi connectivity index (χ3v) is 6.48. The van der Waals surface area contributed by atoms with E-state index in [9.17, 15) is 4.79 Å². The number of nitrogens with zero attached hydrogens (tertiary/aromatic N) is 3. The SMILES string of the molecule is CN1CCN(Cc2cccc(C(=O)N3CC[C@@H]4CNC[C@@H]4CC3)c2)CC1.Cl.Cl. The average molecular weight is 429 g/mol. The summed E-state index contributed by atoms with van der Waals surface area (Å²) < 4.78 is 0. The average Bonchev–Trinajstić information content (AvgIpc) is 3.02. The molecular weight excluding hydrogens is 395 g/mol. The molecule has 28 heavy (non-hydrogen) atoms. The Labute approximate surface area is 181 Å².